The molecule has 33 heavy (non-hydrogen) atoms. The van der Waals surface area contributed by atoms with E-state index in [9.17, 15) is 14.7 Å². The summed E-state index contributed by atoms with van der Waals surface area (Å²) in [6.45, 7) is -0.0254. The largest absolute Gasteiger partial charge is 0.480 e. The zero-order chi connectivity index (χ0) is 23.2. The van der Waals surface area contributed by atoms with Crippen LogP contribution in [0.2, 0.25) is 0 Å². The molecule has 1 fully saturated rings. The average Bonchev–Trinajstić information content (AvgIpc) is 3.23. The van der Waals surface area contributed by atoms with Gasteiger partial charge in [0.2, 0.25) is 0 Å². The van der Waals surface area contributed by atoms with Crippen LogP contribution in [0.4, 0.5) is 10.6 Å². The fraction of sp³-hybridized carbons (Fsp3) is 0.409. The Kier molecular flexibility index (Phi) is 6.98. The minimum atomic E-state index is -1.23. The number of rotatable bonds is 8. The molecule has 0 radical (unpaired) electrons. The van der Waals surface area contributed by atoms with Crippen molar-refractivity contribution in [2.75, 3.05) is 5.32 Å². The lowest BCUT2D eigenvalue weighted by atomic mass is 9.92. The van der Waals surface area contributed by atoms with Crippen LogP contribution in [0.5, 0.6) is 0 Å². The summed E-state index contributed by atoms with van der Waals surface area (Å²) in [5, 5.41) is 15.4. The maximum atomic E-state index is 12.2. The number of hydrogen-bond donors (Lipinski definition) is 4. The zero-order valence-corrected chi connectivity index (χ0v) is 18.1. The second-order valence-corrected chi connectivity index (χ2v) is 8.14. The Bertz CT molecular complexity index is 1100. The molecule has 0 aliphatic heterocycles. The van der Waals surface area contributed by atoms with Crippen molar-refractivity contribution in [3.05, 3.63) is 48.5 Å². The molecule has 2 heterocycles. The van der Waals surface area contributed by atoms with Crippen LogP contribution < -0.4 is 16.4 Å². The summed E-state index contributed by atoms with van der Waals surface area (Å²) in [4.78, 5) is 36.9. The van der Waals surface area contributed by atoms with E-state index in [-0.39, 0.29) is 25.2 Å². The van der Waals surface area contributed by atoms with Gasteiger partial charge < -0.3 is 30.8 Å². The van der Waals surface area contributed by atoms with Gasteiger partial charge in [0.25, 0.3) is 0 Å². The quantitative estimate of drug-likeness (QED) is 0.400. The van der Waals surface area contributed by atoms with Crippen LogP contribution in [-0.2, 0) is 22.7 Å². The first-order valence-corrected chi connectivity index (χ1v) is 10.9. The molecule has 11 nitrogen and oxygen atoms in total. The predicted molar refractivity (Wildman–Crippen MR) is 120 cm³/mol. The molecule has 1 aliphatic carbocycles. The lowest BCUT2D eigenvalue weighted by molar-refractivity contribution is -0.139. The van der Waals surface area contributed by atoms with Gasteiger partial charge in [0, 0.05) is 12.1 Å². The molecule has 1 aromatic carbocycles. The maximum Gasteiger partial charge on any atom is 0.408 e. The molecule has 1 saturated carbocycles. The molecule has 4 rings (SSSR count). The van der Waals surface area contributed by atoms with Gasteiger partial charge in [-0.15, -0.1) is 0 Å². The topological polar surface area (TPSA) is 157 Å². The van der Waals surface area contributed by atoms with E-state index in [0.717, 1.165) is 31.2 Å². The molecule has 11 heteroatoms. The zero-order valence-electron chi connectivity index (χ0n) is 18.1. The van der Waals surface area contributed by atoms with E-state index in [4.69, 9.17) is 10.5 Å². The minimum Gasteiger partial charge on any atom is -0.480 e. The standard InChI is InChI=1S/C22H27N7O4/c23-15-6-8-16(9-7-15)27-19-18-20(25-12-24-19)29(13-26-18)10-17(21(30)31)28-22(32)33-11-14-4-2-1-3-5-14/h1-5,12-13,15-17H,6-11,23H2,(H,28,32)(H,30,31)(H,24,25,27)/t15?,16?,17-/m1/s1. The Morgan fingerprint density at radius 1 is 1.15 bits per heavy atom. The van der Waals surface area contributed by atoms with Gasteiger partial charge in [-0.1, -0.05) is 30.3 Å². The molecule has 174 valence electrons. The number of carboxylic acid groups (broad SMARTS) is 1. The lowest BCUT2D eigenvalue weighted by Gasteiger charge is -2.27. The lowest BCUT2D eigenvalue weighted by Crippen LogP contribution is -2.43. The fourth-order valence-corrected chi connectivity index (χ4v) is 3.87. The first-order valence-electron chi connectivity index (χ1n) is 10.9. The highest BCUT2D eigenvalue weighted by atomic mass is 16.5. The molecule has 1 aliphatic rings. The molecule has 1 atom stereocenters. The van der Waals surface area contributed by atoms with Crippen molar-refractivity contribution in [3.8, 4) is 0 Å². The van der Waals surface area contributed by atoms with Crippen molar-refractivity contribution in [2.24, 2.45) is 5.73 Å². The molecular formula is C22H27N7O4. The number of imidazole rings is 1. The number of benzene rings is 1. The number of nitrogens with zero attached hydrogens (tertiary/aromatic N) is 4. The molecule has 1 amide bonds. The number of nitrogens with two attached hydrogens (primary N) is 1. The fourth-order valence-electron chi connectivity index (χ4n) is 3.87. The van der Waals surface area contributed by atoms with Crippen LogP contribution in [0.15, 0.2) is 43.0 Å². The van der Waals surface area contributed by atoms with Gasteiger partial charge in [0.1, 0.15) is 24.5 Å². The summed E-state index contributed by atoms with van der Waals surface area (Å²) in [5.41, 5.74) is 7.81. The number of aromatic nitrogens is 4. The van der Waals surface area contributed by atoms with E-state index in [0.29, 0.717) is 17.0 Å². The molecule has 0 spiro atoms. The Hall–Kier alpha value is -3.73. The van der Waals surface area contributed by atoms with E-state index in [1.165, 1.54) is 12.7 Å². The van der Waals surface area contributed by atoms with Gasteiger partial charge in [-0.05, 0) is 31.2 Å². The van der Waals surface area contributed by atoms with Gasteiger partial charge >= 0.3 is 12.1 Å². The van der Waals surface area contributed by atoms with E-state index in [1.807, 2.05) is 30.3 Å². The highest BCUT2D eigenvalue weighted by molar-refractivity contribution is 5.83. The SMILES string of the molecule is NC1CCC(Nc2ncnc3c2ncn3C[C@@H](NC(=O)OCc2ccccc2)C(=O)O)CC1. The number of anilines is 1. The molecule has 3 aromatic rings. The van der Waals surface area contributed by atoms with Crippen LogP contribution in [0.25, 0.3) is 11.2 Å². The minimum absolute atomic E-state index is 0.0430. The summed E-state index contributed by atoms with van der Waals surface area (Å²) in [5.74, 6) is -0.596. The number of carbonyl (C=O) groups excluding carboxylic acids is 1. The van der Waals surface area contributed by atoms with Gasteiger partial charge in [-0.2, -0.15) is 0 Å². The third-order valence-corrected chi connectivity index (χ3v) is 5.70. The van der Waals surface area contributed by atoms with Crippen LogP contribution in [0.3, 0.4) is 0 Å². The highest BCUT2D eigenvalue weighted by Crippen LogP contribution is 2.24. The van der Waals surface area contributed by atoms with Crippen LogP contribution in [0.1, 0.15) is 31.2 Å². The highest BCUT2D eigenvalue weighted by Gasteiger charge is 2.24. The normalized spacial score (nSPS) is 19.1. The summed E-state index contributed by atoms with van der Waals surface area (Å²) in [7, 11) is 0. The second-order valence-electron chi connectivity index (χ2n) is 8.14. The van der Waals surface area contributed by atoms with Crippen molar-refractivity contribution >= 4 is 29.0 Å². The number of hydrogen-bond acceptors (Lipinski definition) is 8. The van der Waals surface area contributed by atoms with E-state index < -0.39 is 18.1 Å². The smallest absolute Gasteiger partial charge is 0.408 e. The van der Waals surface area contributed by atoms with Gasteiger partial charge in [-0.25, -0.2) is 24.5 Å². The Balaban J connectivity index is 1.41. The Labute approximate surface area is 190 Å². The van der Waals surface area contributed by atoms with Crippen molar-refractivity contribution in [2.45, 2.75) is 57.0 Å². The van der Waals surface area contributed by atoms with Gasteiger partial charge in [0.15, 0.2) is 11.5 Å². The first-order chi connectivity index (χ1) is 16.0. The maximum absolute atomic E-state index is 12.2. The molecule has 0 saturated heterocycles. The number of carboxylic acids is 1. The predicted octanol–water partition coefficient (Wildman–Crippen LogP) is 1.89. The molecule has 2 aromatic heterocycles. The van der Waals surface area contributed by atoms with E-state index in [1.54, 1.807) is 4.57 Å². The average molecular weight is 454 g/mol. The molecule has 0 bridgehead atoms. The third-order valence-electron chi connectivity index (χ3n) is 5.70. The van der Waals surface area contributed by atoms with Gasteiger partial charge in [-0.3, -0.25) is 0 Å². The molecular weight excluding hydrogens is 426 g/mol. The third kappa shape index (κ3) is 5.75. The number of alkyl carbamates (subject to hydrolysis) is 1. The van der Waals surface area contributed by atoms with Crippen molar-refractivity contribution in [3.63, 3.8) is 0 Å². The van der Waals surface area contributed by atoms with Crippen LogP contribution in [-0.4, -0.2) is 54.8 Å². The first kappa shape index (κ1) is 22.5. The van der Waals surface area contributed by atoms with Crippen molar-refractivity contribution < 1.29 is 19.4 Å². The number of aliphatic carboxylic acids is 1. The van der Waals surface area contributed by atoms with E-state index >= 15 is 0 Å². The number of ether oxygens (including phenoxy) is 1. The summed E-state index contributed by atoms with van der Waals surface area (Å²) in [6, 6.07) is 8.41. The molecule has 5 N–H and O–H groups in total. The summed E-state index contributed by atoms with van der Waals surface area (Å²) < 4.78 is 6.72. The number of fused-ring (bicyclic) bond motifs is 1. The Morgan fingerprint density at radius 2 is 1.91 bits per heavy atom. The number of amides is 1. The van der Waals surface area contributed by atoms with Crippen molar-refractivity contribution in [1.82, 2.24) is 24.8 Å². The van der Waals surface area contributed by atoms with Crippen molar-refractivity contribution in [1.29, 1.82) is 0 Å². The molecule has 0 unspecified atom stereocenters. The summed E-state index contributed by atoms with van der Waals surface area (Å²) >= 11 is 0. The number of carbonyl (C=O) groups is 2. The monoisotopic (exact) mass is 453 g/mol. The van der Waals surface area contributed by atoms with Crippen LogP contribution in [0, 0.1) is 0 Å². The van der Waals surface area contributed by atoms with E-state index in [2.05, 4.69) is 25.6 Å². The van der Waals surface area contributed by atoms with Crippen LogP contribution >= 0.6 is 0 Å². The number of nitrogens with one attached hydrogen (secondary N) is 2. The Morgan fingerprint density at radius 3 is 2.64 bits per heavy atom. The second kappa shape index (κ2) is 10.3. The summed E-state index contributed by atoms with van der Waals surface area (Å²) in [6.07, 6.45) is 5.89. The van der Waals surface area contributed by atoms with Gasteiger partial charge in [0.05, 0.1) is 12.9 Å².